The van der Waals surface area contributed by atoms with E-state index in [1.54, 1.807) is 19.4 Å². The van der Waals surface area contributed by atoms with Gasteiger partial charge in [0.2, 0.25) is 0 Å². The van der Waals surface area contributed by atoms with Gasteiger partial charge in [0.1, 0.15) is 12.1 Å². The molecule has 0 saturated heterocycles. The highest BCUT2D eigenvalue weighted by Crippen LogP contribution is 2.28. The highest BCUT2D eigenvalue weighted by molar-refractivity contribution is 6.00. The highest BCUT2D eigenvalue weighted by Gasteiger charge is 2.18. The summed E-state index contributed by atoms with van der Waals surface area (Å²) < 4.78 is 3.81. The van der Waals surface area contributed by atoms with Gasteiger partial charge in [-0.1, -0.05) is 0 Å². The van der Waals surface area contributed by atoms with Crippen LogP contribution in [-0.4, -0.2) is 40.3 Å². The molecular weight excluding hydrogens is 428 g/mol. The van der Waals surface area contributed by atoms with Crippen molar-refractivity contribution in [2.75, 3.05) is 5.32 Å². The predicted octanol–water partition coefficient (Wildman–Crippen LogP) is 4.66. The summed E-state index contributed by atoms with van der Waals surface area (Å²) in [5, 5.41) is 15.9. The Hall–Kier alpha value is -4.40. The zero-order valence-electron chi connectivity index (χ0n) is 19.4. The topological polar surface area (TPSA) is 103 Å². The smallest absolute Gasteiger partial charge is 0.161 e. The van der Waals surface area contributed by atoms with E-state index in [4.69, 9.17) is 4.98 Å². The van der Waals surface area contributed by atoms with Crippen molar-refractivity contribution in [3.05, 3.63) is 71.9 Å². The molecule has 0 radical (unpaired) electrons. The number of aryl methyl sites for hydroxylation is 2. The molecule has 0 aliphatic heterocycles. The first-order chi connectivity index (χ1) is 16.4. The number of rotatable bonds is 6. The Balaban J connectivity index is 1.55. The second-order valence-corrected chi connectivity index (χ2v) is 8.08. The number of hydrogen-bond acceptors (Lipinski definition) is 7. The fraction of sp³-hybridized carbons (Fsp3) is 0.200. The first-order valence-electron chi connectivity index (χ1n) is 11.0. The number of carbonyl (C=O) groups is 1. The summed E-state index contributed by atoms with van der Waals surface area (Å²) in [5.41, 5.74) is 6.44. The first-order valence-corrected chi connectivity index (χ1v) is 11.0. The predicted molar refractivity (Wildman–Crippen MR) is 131 cm³/mol. The first kappa shape index (κ1) is 21.4. The molecule has 1 N–H and O–H groups in total. The summed E-state index contributed by atoms with van der Waals surface area (Å²) in [5.74, 6) is 1.30. The number of nitrogens with zero attached hydrogens (tertiary/aromatic N) is 7. The lowest BCUT2D eigenvalue weighted by Crippen LogP contribution is -2.05. The van der Waals surface area contributed by atoms with Crippen LogP contribution in [0.2, 0.25) is 0 Å². The average molecular weight is 453 g/mol. The molecule has 5 aromatic rings. The summed E-state index contributed by atoms with van der Waals surface area (Å²) in [7, 11) is 0. The van der Waals surface area contributed by atoms with Gasteiger partial charge in [-0.05, 0) is 70.2 Å². The van der Waals surface area contributed by atoms with Gasteiger partial charge in [-0.3, -0.25) is 14.0 Å². The second-order valence-electron chi connectivity index (χ2n) is 8.08. The Kier molecular flexibility index (Phi) is 5.37. The van der Waals surface area contributed by atoms with Crippen LogP contribution < -0.4 is 5.32 Å². The number of benzene rings is 1. The van der Waals surface area contributed by atoms with E-state index >= 15 is 0 Å². The van der Waals surface area contributed by atoms with E-state index in [0.29, 0.717) is 22.9 Å². The standard InChI is InChI=1S/C25H24N8O/c1-5-33-16(3)20(13-27-33)25-19(17(4)34)8-11-24(29-25)32-14-26-21-12-18(7-9-22(21)32)28-23-10-6-15(2)30-31-23/h6-14H,5H2,1-4H3,(H,28,31). The molecule has 4 aromatic heterocycles. The molecule has 0 saturated carbocycles. The Morgan fingerprint density at radius 3 is 2.62 bits per heavy atom. The van der Waals surface area contributed by atoms with Crippen LogP contribution >= 0.6 is 0 Å². The van der Waals surface area contributed by atoms with Crippen molar-refractivity contribution in [2.24, 2.45) is 0 Å². The SMILES string of the molecule is CCn1ncc(-c2nc(-n3cnc4cc(Nc5ccc(C)nn5)ccc43)ccc2C(C)=O)c1C. The Morgan fingerprint density at radius 2 is 1.91 bits per heavy atom. The van der Waals surface area contributed by atoms with Gasteiger partial charge in [0.05, 0.1) is 28.6 Å². The number of fused-ring (bicyclic) bond motifs is 1. The minimum absolute atomic E-state index is 0.0388. The van der Waals surface area contributed by atoms with E-state index in [-0.39, 0.29) is 5.78 Å². The van der Waals surface area contributed by atoms with Gasteiger partial charge in [-0.2, -0.15) is 10.2 Å². The molecule has 9 nitrogen and oxygen atoms in total. The summed E-state index contributed by atoms with van der Waals surface area (Å²) in [6.07, 6.45) is 3.51. The fourth-order valence-electron chi connectivity index (χ4n) is 3.96. The molecule has 0 spiro atoms. The Bertz CT molecular complexity index is 1510. The summed E-state index contributed by atoms with van der Waals surface area (Å²) in [6.45, 7) is 8.22. The third kappa shape index (κ3) is 3.81. The molecule has 0 atom stereocenters. The van der Waals surface area contributed by atoms with Crippen molar-refractivity contribution in [3.8, 4) is 17.1 Å². The van der Waals surface area contributed by atoms with Crippen LogP contribution in [0.4, 0.5) is 11.5 Å². The molecule has 170 valence electrons. The van der Waals surface area contributed by atoms with E-state index in [1.165, 1.54) is 0 Å². The van der Waals surface area contributed by atoms with E-state index in [0.717, 1.165) is 40.2 Å². The summed E-state index contributed by atoms with van der Waals surface area (Å²) in [4.78, 5) is 21.8. The summed E-state index contributed by atoms with van der Waals surface area (Å²) >= 11 is 0. The average Bonchev–Trinajstić information content (AvgIpc) is 3.43. The number of Topliss-reactive ketones (excluding diaryl/α,β-unsaturated/α-hetero) is 1. The van der Waals surface area contributed by atoms with Crippen LogP contribution in [-0.2, 0) is 6.54 Å². The maximum absolute atomic E-state index is 12.3. The van der Waals surface area contributed by atoms with Gasteiger partial charge in [0.15, 0.2) is 11.6 Å². The lowest BCUT2D eigenvalue weighted by molar-refractivity contribution is 0.101. The Morgan fingerprint density at radius 1 is 1.06 bits per heavy atom. The molecule has 0 unspecified atom stereocenters. The Labute approximate surface area is 196 Å². The van der Waals surface area contributed by atoms with E-state index < -0.39 is 0 Å². The molecule has 0 aliphatic rings. The molecule has 0 fully saturated rings. The van der Waals surface area contributed by atoms with Crippen LogP contribution in [0.5, 0.6) is 0 Å². The van der Waals surface area contributed by atoms with Crippen LogP contribution in [0.1, 0.15) is 35.6 Å². The number of pyridine rings is 1. The largest absolute Gasteiger partial charge is 0.339 e. The van der Waals surface area contributed by atoms with Gasteiger partial charge < -0.3 is 5.32 Å². The normalized spacial score (nSPS) is 11.2. The van der Waals surface area contributed by atoms with Gasteiger partial charge >= 0.3 is 0 Å². The van der Waals surface area contributed by atoms with Crippen molar-refractivity contribution in [3.63, 3.8) is 0 Å². The maximum Gasteiger partial charge on any atom is 0.161 e. The molecule has 4 heterocycles. The third-order valence-electron chi connectivity index (χ3n) is 5.78. The molecule has 0 aliphatic carbocycles. The van der Waals surface area contributed by atoms with Crippen LogP contribution in [0, 0.1) is 13.8 Å². The minimum atomic E-state index is -0.0388. The number of anilines is 2. The van der Waals surface area contributed by atoms with Gasteiger partial charge in [-0.25, -0.2) is 9.97 Å². The van der Waals surface area contributed by atoms with E-state index in [1.807, 2.05) is 72.5 Å². The van der Waals surface area contributed by atoms with Gasteiger partial charge in [-0.15, -0.1) is 5.10 Å². The molecule has 1 aromatic carbocycles. The number of hydrogen-bond donors (Lipinski definition) is 1. The van der Waals surface area contributed by atoms with Crippen LogP contribution in [0.3, 0.4) is 0 Å². The fourth-order valence-corrected chi connectivity index (χ4v) is 3.96. The summed E-state index contributed by atoms with van der Waals surface area (Å²) in [6, 6.07) is 13.3. The van der Waals surface area contributed by atoms with Crippen molar-refractivity contribution >= 4 is 28.3 Å². The molecule has 9 heteroatoms. The molecule has 0 amide bonds. The monoisotopic (exact) mass is 452 g/mol. The number of carbonyl (C=O) groups excluding carboxylic acids is 1. The van der Waals surface area contributed by atoms with Crippen molar-refractivity contribution in [1.29, 1.82) is 0 Å². The quantitative estimate of drug-likeness (QED) is 0.374. The molecular formula is C25H24N8O. The van der Waals surface area contributed by atoms with E-state index in [9.17, 15) is 4.79 Å². The van der Waals surface area contributed by atoms with Gasteiger partial charge in [0, 0.05) is 29.1 Å². The third-order valence-corrected chi connectivity index (χ3v) is 5.78. The highest BCUT2D eigenvalue weighted by atomic mass is 16.1. The molecule has 5 rings (SSSR count). The lowest BCUT2D eigenvalue weighted by Gasteiger charge is -2.11. The van der Waals surface area contributed by atoms with Crippen molar-refractivity contribution in [2.45, 2.75) is 34.2 Å². The zero-order valence-corrected chi connectivity index (χ0v) is 19.4. The van der Waals surface area contributed by atoms with Gasteiger partial charge in [0.25, 0.3) is 0 Å². The number of imidazole rings is 1. The lowest BCUT2D eigenvalue weighted by atomic mass is 10.0. The van der Waals surface area contributed by atoms with Crippen molar-refractivity contribution < 1.29 is 4.79 Å². The van der Waals surface area contributed by atoms with Crippen molar-refractivity contribution in [1.82, 2.24) is 34.5 Å². The number of ketones is 1. The number of aromatic nitrogens is 7. The van der Waals surface area contributed by atoms with E-state index in [2.05, 4.69) is 25.6 Å². The zero-order chi connectivity index (χ0) is 23.8. The molecule has 0 bridgehead atoms. The van der Waals surface area contributed by atoms with Crippen LogP contribution in [0.15, 0.2) is 55.0 Å². The number of nitrogens with one attached hydrogen (secondary N) is 1. The maximum atomic E-state index is 12.3. The second kappa shape index (κ2) is 8.51. The molecule has 34 heavy (non-hydrogen) atoms. The minimum Gasteiger partial charge on any atom is -0.339 e. The van der Waals surface area contributed by atoms with Crippen LogP contribution in [0.25, 0.3) is 28.1 Å².